The fraction of sp³-hybridized carbons (Fsp3) is 0.500. The number of aryl methyl sites for hydroxylation is 1. The first-order valence-electron chi connectivity index (χ1n) is 5.40. The molecule has 0 aromatic carbocycles. The van der Waals surface area contributed by atoms with Gasteiger partial charge in [-0.1, -0.05) is 23.8 Å². The van der Waals surface area contributed by atoms with Crippen LogP contribution in [0.3, 0.4) is 0 Å². The van der Waals surface area contributed by atoms with Gasteiger partial charge in [-0.25, -0.2) is 0 Å². The smallest absolute Gasteiger partial charge is 0.191 e. The van der Waals surface area contributed by atoms with E-state index >= 15 is 0 Å². The lowest BCUT2D eigenvalue weighted by Crippen LogP contribution is -2.05. The minimum atomic E-state index is 0. The van der Waals surface area contributed by atoms with Crippen molar-refractivity contribution in [3.63, 3.8) is 0 Å². The lowest BCUT2D eigenvalue weighted by Gasteiger charge is -1.99. The third kappa shape index (κ3) is 3.24. The number of hydrogen-bond acceptors (Lipinski definition) is 6. The lowest BCUT2D eigenvalue weighted by molar-refractivity contribution is 0.389. The zero-order valence-electron chi connectivity index (χ0n) is 10.3. The first-order chi connectivity index (χ1) is 8.24. The highest BCUT2D eigenvalue weighted by Gasteiger charge is 2.09. The summed E-state index contributed by atoms with van der Waals surface area (Å²) in [7, 11) is 1.91. The number of aromatic nitrogens is 4. The molecule has 6 nitrogen and oxygen atoms in total. The van der Waals surface area contributed by atoms with Crippen LogP contribution in [0.2, 0.25) is 0 Å². The van der Waals surface area contributed by atoms with Crippen molar-refractivity contribution in [2.24, 2.45) is 12.8 Å². The highest BCUT2D eigenvalue weighted by Crippen LogP contribution is 2.21. The van der Waals surface area contributed by atoms with Crippen LogP contribution in [-0.2, 0) is 25.8 Å². The third-order valence-electron chi connectivity index (χ3n) is 2.42. The Labute approximate surface area is 116 Å². The van der Waals surface area contributed by atoms with E-state index in [1.165, 1.54) is 0 Å². The minimum Gasteiger partial charge on any atom is -0.360 e. The number of rotatable bonds is 5. The fourth-order valence-corrected chi connectivity index (χ4v) is 2.18. The van der Waals surface area contributed by atoms with Crippen LogP contribution in [0.25, 0.3) is 0 Å². The van der Waals surface area contributed by atoms with Gasteiger partial charge in [-0.2, -0.15) is 0 Å². The van der Waals surface area contributed by atoms with Crippen LogP contribution in [0.4, 0.5) is 0 Å². The van der Waals surface area contributed by atoms with Gasteiger partial charge in [0.25, 0.3) is 0 Å². The molecule has 2 rings (SSSR count). The van der Waals surface area contributed by atoms with Gasteiger partial charge in [-0.15, -0.1) is 22.6 Å². The average Bonchev–Trinajstić information content (AvgIpc) is 2.93. The molecule has 100 valence electrons. The van der Waals surface area contributed by atoms with Gasteiger partial charge in [0.1, 0.15) is 11.6 Å². The van der Waals surface area contributed by atoms with Crippen molar-refractivity contribution in [2.45, 2.75) is 30.8 Å². The molecule has 0 fully saturated rings. The second-order valence-electron chi connectivity index (χ2n) is 3.59. The molecule has 0 saturated carbocycles. The highest BCUT2D eigenvalue weighted by atomic mass is 35.5. The Kier molecular flexibility index (Phi) is 5.64. The second kappa shape index (κ2) is 6.77. The first-order valence-corrected chi connectivity index (χ1v) is 6.38. The number of nitrogens with zero attached hydrogens (tertiary/aromatic N) is 4. The molecule has 0 bridgehead atoms. The van der Waals surface area contributed by atoms with Crippen molar-refractivity contribution in [3.05, 3.63) is 23.3 Å². The van der Waals surface area contributed by atoms with E-state index < -0.39 is 0 Å². The summed E-state index contributed by atoms with van der Waals surface area (Å²) in [6, 6.07) is 1.97. The van der Waals surface area contributed by atoms with Crippen molar-refractivity contribution in [3.8, 4) is 0 Å². The number of nitrogens with two attached hydrogens (primary N) is 1. The summed E-state index contributed by atoms with van der Waals surface area (Å²) in [5.41, 5.74) is 6.50. The van der Waals surface area contributed by atoms with Gasteiger partial charge in [0.2, 0.25) is 0 Å². The van der Waals surface area contributed by atoms with Gasteiger partial charge < -0.3 is 14.8 Å². The molecule has 0 aliphatic rings. The van der Waals surface area contributed by atoms with Crippen LogP contribution in [0.5, 0.6) is 0 Å². The molecule has 0 spiro atoms. The normalized spacial score (nSPS) is 10.4. The predicted molar refractivity (Wildman–Crippen MR) is 71.6 cm³/mol. The third-order valence-corrected chi connectivity index (χ3v) is 3.46. The summed E-state index contributed by atoms with van der Waals surface area (Å²) >= 11 is 1.56. The van der Waals surface area contributed by atoms with Crippen molar-refractivity contribution >= 4 is 24.2 Å². The standard InChI is InChI=1S/C10H15N5OS.ClH/c1-3-7-4-8(16-14-7)6-17-10-13-12-9(5-11)15(10)2;/h4H,3,5-6,11H2,1-2H3;1H. The molecular formula is C10H16ClN5OS. The molecule has 0 radical (unpaired) electrons. The Morgan fingerprint density at radius 3 is 2.78 bits per heavy atom. The van der Waals surface area contributed by atoms with Crippen LogP contribution in [0.15, 0.2) is 15.7 Å². The van der Waals surface area contributed by atoms with Gasteiger partial charge in [0.15, 0.2) is 5.16 Å². The van der Waals surface area contributed by atoms with Gasteiger partial charge >= 0.3 is 0 Å². The molecule has 0 saturated heterocycles. The summed E-state index contributed by atoms with van der Waals surface area (Å²) in [5.74, 6) is 2.33. The molecular weight excluding hydrogens is 274 g/mol. The van der Waals surface area contributed by atoms with Gasteiger partial charge in [0.05, 0.1) is 18.0 Å². The van der Waals surface area contributed by atoms with E-state index in [9.17, 15) is 0 Å². The molecule has 18 heavy (non-hydrogen) atoms. The molecule has 0 unspecified atom stereocenters. The topological polar surface area (TPSA) is 82.8 Å². The lowest BCUT2D eigenvalue weighted by atomic mass is 10.3. The largest absolute Gasteiger partial charge is 0.360 e. The van der Waals surface area contributed by atoms with Crippen LogP contribution >= 0.6 is 24.2 Å². The Hall–Kier alpha value is -1.05. The summed E-state index contributed by atoms with van der Waals surface area (Å²) in [6.45, 7) is 2.44. The summed E-state index contributed by atoms with van der Waals surface area (Å²) in [5, 5.41) is 12.8. The monoisotopic (exact) mass is 289 g/mol. The van der Waals surface area contributed by atoms with Crippen molar-refractivity contribution in [1.29, 1.82) is 0 Å². The van der Waals surface area contributed by atoms with E-state index in [1.807, 2.05) is 24.6 Å². The van der Waals surface area contributed by atoms with Crippen molar-refractivity contribution < 1.29 is 4.52 Å². The van der Waals surface area contributed by atoms with E-state index in [4.69, 9.17) is 10.3 Å². The highest BCUT2D eigenvalue weighted by molar-refractivity contribution is 7.98. The second-order valence-corrected chi connectivity index (χ2v) is 4.53. The number of hydrogen-bond donors (Lipinski definition) is 1. The van der Waals surface area contributed by atoms with Crippen LogP contribution in [-0.4, -0.2) is 19.9 Å². The molecule has 0 amide bonds. The van der Waals surface area contributed by atoms with E-state index in [2.05, 4.69) is 15.4 Å². The number of thioether (sulfide) groups is 1. The van der Waals surface area contributed by atoms with E-state index in [0.29, 0.717) is 12.3 Å². The van der Waals surface area contributed by atoms with Gasteiger partial charge in [0, 0.05) is 13.1 Å². The quantitative estimate of drug-likeness (QED) is 0.841. The maximum Gasteiger partial charge on any atom is 0.191 e. The van der Waals surface area contributed by atoms with E-state index in [0.717, 1.165) is 28.9 Å². The molecule has 2 N–H and O–H groups in total. The average molecular weight is 290 g/mol. The molecule has 2 heterocycles. The molecule has 2 aromatic heterocycles. The van der Waals surface area contributed by atoms with E-state index in [1.54, 1.807) is 11.8 Å². The molecule has 2 aromatic rings. The molecule has 0 atom stereocenters. The van der Waals surface area contributed by atoms with Crippen molar-refractivity contribution in [1.82, 2.24) is 19.9 Å². The Bertz CT molecular complexity index is 498. The first kappa shape index (κ1) is 15.0. The Balaban J connectivity index is 0.00000162. The van der Waals surface area contributed by atoms with Crippen LogP contribution < -0.4 is 5.73 Å². The summed E-state index contributed by atoms with van der Waals surface area (Å²) < 4.78 is 7.09. The zero-order chi connectivity index (χ0) is 12.3. The molecule has 0 aliphatic carbocycles. The predicted octanol–water partition coefficient (Wildman–Crippen LogP) is 1.54. The molecule has 0 aliphatic heterocycles. The summed E-state index contributed by atoms with van der Waals surface area (Å²) in [4.78, 5) is 0. The Morgan fingerprint density at radius 1 is 1.44 bits per heavy atom. The minimum absolute atomic E-state index is 0. The van der Waals surface area contributed by atoms with Crippen LogP contribution in [0, 0.1) is 0 Å². The van der Waals surface area contributed by atoms with Crippen molar-refractivity contribution in [2.75, 3.05) is 0 Å². The maximum atomic E-state index is 5.53. The van der Waals surface area contributed by atoms with Gasteiger partial charge in [-0.05, 0) is 6.42 Å². The summed E-state index contributed by atoms with van der Waals surface area (Å²) in [6.07, 6.45) is 0.884. The SMILES string of the molecule is CCc1cc(CSc2nnc(CN)n2C)on1.Cl. The van der Waals surface area contributed by atoms with Crippen LogP contribution in [0.1, 0.15) is 24.2 Å². The molecule has 8 heteroatoms. The number of halogens is 1. The maximum absolute atomic E-state index is 5.53. The van der Waals surface area contributed by atoms with E-state index in [-0.39, 0.29) is 12.4 Å². The van der Waals surface area contributed by atoms with Gasteiger partial charge in [-0.3, -0.25) is 0 Å². The fourth-order valence-electron chi connectivity index (χ4n) is 1.37. The zero-order valence-corrected chi connectivity index (χ0v) is 11.9. The Morgan fingerprint density at radius 2 is 2.22 bits per heavy atom.